The smallest absolute Gasteiger partial charge is 0.326 e. The molecular formula is C22H24ClN3O3. The Morgan fingerprint density at radius 2 is 2.00 bits per heavy atom. The van der Waals surface area contributed by atoms with E-state index in [1.54, 1.807) is 0 Å². The van der Waals surface area contributed by atoms with Gasteiger partial charge in [0.2, 0.25) is 0 Å². The Morgan fingerprint density at radius 3 is 2.83 bits per heavy atom. The van der Waals surface area contributed by atoms with Crippen molar-refractivity contribution in [3.05, 3.63) is 57.5 Å². The fraction of sp³-hybridized carbons (Fsp3) is 0.409. The zero-order valence-corrected chi connectivity index (χ0v) is 17.1. The number of likely N-dealkylation sites (tertiary alicyclic amines) is 1. The summed E-state index contributed by atoms with van der Waals surface area (Å²) in [6, 6.07) is 11.8. The number of aryl methyl sites for hydroxylation is 1. The average Bonchev–Trinajstić information content (AvgIpc) is 3.06. The standard InChI is InChI=1S/C22H24ClN3O3/c1-14-5-6-19-20(11-14)28-13-16(29-19)12-25-9-7-15(8-10-25)26-21-17(23)3-2-4-18(21)24-22(26)27/h2-6,11,15-16H,7-10,12-13H2,1H3,(H,24,27). The first-order chi connectivity index (χ1) is 14.1. The summed E-state index contributed by atoms with van der Waals surface area (Å²) in [4.78, 5) is 17.9. The van der Waals surface area contributed by atoms with E-state index in [-0.39, 0.29) is 17.8 Å². The van der Waals surface area contributed by atoms with Crippen LogP contribution < -0.4 is 15.2 Å². The number of piperidine rings is 1. The number of fused-ring (bicyclic) bond motifs is 2. The lowest BCUT2D eigenvalue weighted by atomic mass is 10.0. The van der Waals surface area contributed by atoms with Gasteiger partial charge in [0.25, 0.3) is 0 Å². The van der Waals surface area contributed by atoms with Crippen molar-refractivity contribution in [2.75, 3.05) is 26.2 Å². The summed E-state index contributed by atoms with van der Waals surface area (Å²) in [5.74, 6) is 1.65. The lowest BCUT2D eigenvalue weighted by molar-refractivity contribution is 0.0485. The summed E-state index contributed by atoms with van der Waals surface area (Å²) in [7, 11) is 0. The van der Waals surface area contributed by atoms with Crippen LogP contribution in [0.4, 0.5) is 0 Å². The monoisotopic (exact) mass is 413 g/mol. The van der Waals surface area contributed by atoms with E-state index in [2.05, 4.69) is 9.88 Å². The van der Waals surface area contributed by atoms with Crippen molar-refractivity contribution < 1.29 is 9.47 Å². The van der Waals surface area contributed by atoms with E-state index in [4.69, 9.17) is 21.1 Å². The molecule has 1 unspecified atom stereocenters. The minimum absolute atomic E-state index is 0.0204. The highest BCUT2D eigenvalue weighted by Gasteiger charge is 2.28. The van der Waals surface area contributed by atoms with Crippen molar-refractivity contribution in [1.82, 2.24) is 14.5 Å². The number of aromatic nitrogens is 2. The van der Waals surface area contributed by atoms with Gasteiger partial charge in [0, 0.05) is 25.7 Å². The highest BCUT2D eigenvalue weighted by molar-refractivity contribution is 6.34. The van der Waals surface area contributed by atoms with Crippen LogP contribution in [-0.4, -0.2) is 46.8 Å². The van der Waals surface area contributed by atoms with E-state index in [0.717, 1.165) is 55.0 Å². The predicted octanol–water partition coefficient (Wildman–Crippen LogP) is 3.77. The Bertz CT molecular complexity index is 1100. The number of nitrogens with one attached hydrogen (secondary N) is 1. The molecule has 2 aromatic carbocycles. The number of rotatable bonds is 3. The molecule has 0 amide bonds. The molecule has 152 valence electrons. The van der Waals surface area contributed by atoms with E-state index >= 15 is 0 Å². The second kappa shape index (κ2) is 7.43. The summed E-state index contributed by atoms with van der Waals surface area (Å²) in [6.45, 7) is 5.26. The number of hydrogen-bond acceptors (Lipinski definition) is 4. The van der Waals surface area contributed by atoms with E-state index in [0.29, 0.717) is 11.6 Å². The van der Waals surface area contributed by atoms with Crippen molar-refractivity contribution in [2.24, 2.45) is 0 Å². The molecule has 0 saturated carbocycles. The number of halogens is 1. The molecule has 1 aromatic heterocycles. The molecule has 1 atom stereocenters. The molecule has 3 aromatic rings. The lowest BCUT2D eigenvalue weighted by Crippen LogP contribution is -2.45. The molecule has 0 radical (unpaired) electrons. The number of H-pyrrole nitrogens is 1. The van der Waals surface area contributed by atoms with Crippen LogP contribution in [0.2, 0.25) is 5.02 Å². The third-order valence-electron chi connectivity index (χ3n) is 5.89. The summed E-state index contributed by atoms with van der Waals surface area (Å²) < 4.78 is 13.9. The van der Waals surface area contributed by atoms with E-state index in [1.165, 1.54) is 5.56 Å². The molecule has 7 heteroatoms. The number of imidazole rings is 1. The molecule has 0 bridgehead atoms. The molecule has 0 aliphatic carbocycles. The van der Waals surface area contributed by atoms with Crippen LogP contribution in [0.1, 0.15) is 24.4 Å². The van der Waals surface area contributed by atoms with Gasteiger partial charge in [-0.25, -0.2) is 4.79 Å². The first kappa shape index (κ1) is 18.6. The first-order valence-electron chi connectivity index (χ1n) is 10.1. The van der Waals surface area contributed by atoms with Gasteiger partial charge in [0.15, 0.2) is 11.5 Å². The summed E-state index contributed by atoms with van der Waals surface area (Å²) >= 11 is 6.38. The zero-order valence-electron chi connectivity index (χ0n) is 16.4. The maximum Gasteiger partial charge on any atom is 0.326 e. The highest BCUT2D eigenvalue weighted by atomic mass is 35.5. The molecule has 1 fully saturated rings. The third kappa shape index (κ3) is 3.51. The number of ether oxygens (including phenoxy) is 2. The number of hydrogen-bond donors (Lipinski definition) is 1. The van der Waals surface area contributed by atoms with E-state index in [1.807, 2.05) is 47.9 Å². The molecular weight excluding hydrogens is 390 g/mol. The fourth-order valence-electron chi connectivity index (χ4n) is 4.45. The van der Waals surface area contributed by atoms with Crippen molar-refractivity contribution in [1.29, 1.82) is 0 Å². The molecule has 2 aliphatic rings. The molecule has 6 nitrogen and oxygen atoms in total. The van der Waals surface area contributed by atoms with Gasteiger partial charge in [-0.15, -0.1) is 0 Å². The SMILES string of the molecule is Cc1ccc2c(c1)OCC(CN1CCC(n3c(=O)[nH]c4cccc(Cl)c43)CC1)O2. The van der Waals surface area contributed by atoms with Gasteiger partial charge in [-0.2, -0.15) is 0 Å². The number of benzene rings is 2. The predicted molar refractivity (Wildman–Crippen MR) is 113 cm³/mol. The topological polar surface area (TPSA) is 59.5 Å². The maximum absolute atomic E-state index is 12.5. The molecule has 1 saturated heterocycles. The second-order valence-electron chi connectivity index (χ2n) is 7.97. The quantitative estimate of drug-likeness (QED) is 0.710. The minimum atomic E-state index is -0.0811. The van der Waals surface area contributed by atoms with Crippen LogP contribution in [0.3, 0.4) is 0 Å². The normalized spacial score (nSPS) is 20.3. The van der Waals surface area contributed by atoms with Crippen LogP contribution in [0.25, 0.3) is 11.0 Å². The Hall–Kier alpha value is -2.44. The van der Waals surface area contributed by atoms with Gasteiger partial charge in [-0.05, 0) is 49.6 Å². The van der Waals surface area contributed by atoms with Gasteiger partial charge >= 0.3 is 5.69 Å². The molecule has 1 N–H and O–H groups in total. The zero-order chi connectivity index (χ0) is 20.0. The average molecular weight is 414 g/mol. The van der Waals surface area contributed by atoms with Gasteiger partial charge in [-0.1, -0.05) is 23.7 Å². The van der Waals surface area contributed by atoms with Crippen molar-refractivity contribution >= 4 is 22.6 Å². The molecule has 29 heavy (non-hydrogen) atoms. The van der Waals surface area contributed by atoms with Gasteiger partial charge in [0.1, 0.15) is 12.7 Å². The second-order valence-corrected chi connectivity index (χ2v) is 8.38. The summed E-state index contributed by atoms with van der Waals surface area (Å²) in [6.07, 6.45) is 1.83. The van der Waals surface area contributed by atoms with Gasteiger partial charge < -0.3 is 14.5 Å². The largest absolute Gasteiger partial charge is 0.486 e. The molecule has 2 aliphatic heterocycles. The minimum Gasteiger partial charge on any atom is -0.486 e. The molecule has 5 rings (SSSR count). The van der Waals surface area contributed by atoms with Gasteiger partial charge in [-0.3, -0.25) is 9.47 Å². The van der Waals surface area contributed by atoms with Crippen molar-refractivity contribution in [3.8, 4) is 11.5 Å². The molecule has 0 spiro atoms. The van der Waals surface area contributed by atoms with Crippen molar-refractivity contribution in [3.63, 3.8) is 0 Å². The summed E-state index contributed by atoms with van der Waals surface area (Å²) in [5.41, 5.74) is 2.70. The lowest BCUT2D eigenvalue weighted by Gasteiger charge is -2.36. The summed E-state index contributed by atoms with van der Waals surface area (Å²) in [5, 5.41) is 0.616. The molecule has 3 heterocycles. The van der Waals surface area contributed by atoms with Gasteiger partial charge in [0.05, 0.1) is 16.1 Å². The Morgan fingerprint density at radius 1 is 1.17 bits per heavy atom. The third-order valence-corrected chi connectivity index (χ3v) is 6.19. The first-order valence-corrected chi connectivity index (χ1v) is 10.5. The number of nitrogens with zero attached hydrogens (tertiary/aromatic N) is 2. The van der Waals surface area contributed by atoms with Crippen molar-refractivity contribution in [2.45, 2.75) is 31.9 Å². The number of aromatic amines is 1. The highest BCUT2D eigenvalue weighted by Crippen LogP contribution is 2.33. The maximum atomic E-state index is 12.5. The van der Waals surface area contributed by atoms with Crippen LogP contribution in [-0.2, 0) is 0 Å². The Kier molecular flexibility index (Phi) is 4.76. The van der Waals surface area contributed by atoms with Crippen LogP contribution >= 0.6 is 11.6 Å². The fourth-order valence-corrected chi connectivity index (χ4v) is 4.71. The Balaban J connectivity index is 1.24. The van der Waals surface area contributed by atoms with Crippen LogP contribution in [0, 0.1) is 6.92 Å². The van der Waals surface area contributed by atoms with E-state index in [9.17, 15) is 4.79 Å². The number of para-hydroxylation sites is 1. The Labute approximate surface area is 174 Å². The van der Waals surface area contributed by atoms with Crippen LogP contribution in [0.15, 0.2) is 41.2 Å². The van der Waals surface area contributed by atoms with Crippen LogP contribution in [0.5, 0.6) is 11.5 Å². The van der Waals surface area contributed by atoms with E-state index < -0.39 is 0 Å².